The zero-order valence-corrected chi connectivity index (χ0v) is 19.1. The summed E-state index contributed by atoms with van der Waals surface area (Å²) in [5, 5.41) is 3.70. The molecule has 1 aliphatic rings. The SMILES string of the molecule is CCSc1ccc(CC(=O)Nc2ccc(OC3(c4ccc(Cl)cc4)CCC3)cc2)cc1. The Hall–Kier alpha value is -2.43. The molecule has 0 unspecified atom stereocenters. The second-order valence-electron chi connectivity index (χ2n) is 7.78. The van der Waals surface area contributed by atoms with Crippen molar-refractivity contribution in [1.29, 1.82) is 0 Å². The normalized spacial score (nSPS) is 14.5. The van der Waals surface area contributed by atoms with E-state index in [1.807, 2.05) is 60.7 Å². The van der Waals surface area contributed by atoms with Gasteiger partial charge in [0.15, 0.2) is 0 Å². The molecule has 0 aromatic heterocycles. The molecule has 160 valence electrons. The minimum absolute atomic E-state index is 0.0267. The molecule has 3 nitrogen and oxygen atoms in total. The summed E-state index contributed by atoms with van der Waals surface area (Å²) in [6, 6.07) is 23.7. The number of thioether (sulfide) groups is 1. The molecule has 1 saturated carbocycles. The molecular weight excluding hydrogens is 426 g/mol. The van der Waals surface area contributed by atoms with E-state index in [1.54, 1.807) is 11.8 Å². The summed E-state index contributed by atoms with van der Waals surface area (Å²) < 4.78 is 6.39. The summed E-state index contributed by atoms with van der Waals surface area (Å²) in [7, 11) is 0. The Bertz CT molecular complexity index is 1010. The van der Waals surface area contributed by atoms with Crippen LogP contribution < -0.4 is 10.1 Å². The number of amides is 1. The Morgan fingerprint density at radius 2 is 1.68 bits per heavy atom. The van der Waals surface area contributed by atoms with Crippen LogP contribution >= 0.6 is 23.4 Å². The molecule has 0 saturated heterocycles. The number of nitrogens with one attached hydrogen (secondary N) is 1. The molecule has 5 heteroatoms. The van der Waals surface area contributed by atoms with Crippen LogP contribution in [0.3, 0.4) is 0 Å². The van der Waals surface area contributed by atoms with Gasteiger partial charge in [0.25, 0.3) is 0 Å². The first kappa shape index (κ1) is 21.8. The van der Waals surface area contributed by atoms with E-state index in [4.69, 9.17) is 16.3 Å². The molecule has 3 aromatic rings. The van der Waals surface area contributed by atoms with Crippen molar-refractivity contribution in [1.82, 2.24) is 0 Å². The van der Waals surface area contributed by atoms with Gasteiger partial charge in [0, 0.05) is 15.6 Å². The topological polar surface area (TPSA) is 38.3 Å². The smallest absolute Gasteiger partial charge is 0.228 e. The van der Waals surface area contributed by atoms with Crippen LogP contribution in [0.15, 0.2) is 77.7 Å². The van der Waals surface area contributed by atoms with E-state index in [0.29, 0.717) is 6.42 Å². The first-order valence-corrected chi connectivity index (χ1v) is 12.0. The maximum atomic E-state index is 12.4. The van der Waals surface area contributed by atoms with E-state index < -0.39 is 0 Å². The third-order valence-electron chi connectivity index (χ3n) is 5.58. The summed E-state index contributed by atoms with van der Waals surface area (Å²) in [5.41, 5.74) is 2.65. The number of hydrogen-bond donors (Lipinski definition) is 1. The summed E-state index contributed by atoms with van der Waals surface area (Å²) >= 11 is 7.83. The van der Waals surface area contributed by atoms with Gasteiger partial charge in [-0.15, -0.1) is 11.8 Å². The minimum atomic E-state index is -0.280. The van der Waals surface area contributed by atoms with Crippen LogP contribution in [0.25, 0.3) is 0 Å². The van der Waals surface area contributed by atoms with E-state index in [2.05, 4.69) is 24.4 Å². The largest absolute Gasteiger partial charge is 0.483 e. The van der Waals surface area contributed by atoms with E-state index in [-0.39, 0.29) is 11.5 Å². The van der Waals surface area contributed by atoms with E-state index in [9.17, 15) is 4.79 Å². The fourth-order valence-corrected chi connectivity index (χ4v) is 4.58. The van der Waals surface area contributed by atoms with Gasteiger partial charge < -0.3 is 10.1 Å². The zero-order chi connectivity index (χ0) is 21.7. The number of carbonyl (C=O) groups is 1. The fourth-order valence-electron chi connectivity index (χ4n) is 3.79. The van der Waals surface area contributed by atoms with Gasteiger partial charge in [0.1, 0.15) is 11.4 Å². The van der Waals surface area contributed by atoms with Crippen molar-refractivity contribution in [2.24, 2.45) is 0 Å². The molecule has 3 aromatic carbocycles. The van der Waals surface area contributed by atoms with Gasteiger partial charge in [0.2, 0.25) is 5.91 Å². The number of anilines is 1. The van der Waals surface area contributed by atoms with Crippen LogP contribution in [0, 0.1) is 0 Å². The highest BCUT2D eigenvalue weighted by atomic mass is 35.5. The van der Waals surface area contributed by atoms with Crippen LogP contribution in [0.2, 0.25) is 5.02 Å². The third kappa shape index (κ3) is 5.44. The average molecular weight is 452 g/mol. The molecule has 0 bridgehead atoms. The molecule has 31 heavy (non-hydrogen) atoms. The highest BCUT2D eigenvalue weighted by Gasteiger charge is 2.41. The van der Waals surface area contributed by atoms with Gasteiger partial charge in [-0.1, -0.05) is 42.8 Å². The zero-order valence-electron chi connectivity index (χ0n) is 17.6. The van der Waals surface area contributed by atoms with Crippen molar-refractivity contribution in [3.05, 3.63) is 88.9 Å². The summed E-state index contributed by atoms with van der Waals surface area (Å²) in [5.74, 6) is 1.82. The molecule has 0 aliphatic heterocycles. The minimum Gasteiger partial charge on any atom is -0.483 e. The molecule has 1 fully saturated rings. The fraction of sp³-hybridized carbons (Fsp3) is 0.269. The molecule has 0 spiro atoms. The van der Waals surface area contributed by atoms with Crippen LogP contribution in [0.4, 0.5) is 5.69 Å². The Morgan fingerprint density at radius 1 is 1.00 bits per heavy atom. The maximum absolute atomic E-state index is 12.4. The summed E-state index contributed by atoms with van der Waals surface area (Å²) in [4.78, 5) is 13.6. The monoisotopic (exact) mass is 451 g/mol. The van der Waals surface area contributed by atoms with E-state index in [1.165, 1.54) is 4.90 Å². The van der Waals surface area contributed by atoms with Crippen LogP contribution in [-0.4, -0.2) is 11.7 Å². The molecule has 4 rings (SSSR count). The number of rotatable bonds is 8. The first-order chi connectivity index (χ1) is 15.1. The van der Waals surface area contributed by atoms with Crippen molar-refractivity contribution < 1.29 is 9.53 Å². The Balaban J connectivity index is 1.35. The average Bonchev–Trinajstić information content (AvgIpc) is 2.74. The highest BCUT2D eigenvalue weighted by Crippen LogP contribution is 2.45. The lowest BCUT2D eigenvalue weighted by atomic mass is 9.75. The lowest BCUT2D eigenvalue weighted by Crippen LogP contribution is -2.40. The number of benzene rings is 3. The van der Waals surface area contributed by atoms with Crippen molar-refractivity contribution in [3.63, 3.8) is 0 Å². The number of hydrogen-bond acceptors (Lipinski definition) is 3. The van der Waals surface area contributed by atoms with Crippen molar-refractivity contribution in [3.8, 4) is 5.75 Å². The van der Waals surface area contributed by atoms with Gasteiger partial charge >= 0.3 is 0 Å². The Labute approximate surface area is 193 Å². The molecule has 1 N–H and O–H groups in total. The van der Waals surface area contributed by atoms with Crippen molar-refractivity contribution >= 4 is 35.0 Å². The number of ether oxygens (including phenoxy) is 1. The van der Waals surface area contributed by atoms with Crippen LogP contribution in [0.1, 0.15) is 37.3 Å². The second-order valence-corrected chi connectivity index (χ2v) is 9.56. The van der Waals surface area contributed by atoms with Gasteiger partial charge in [-0.3, -0.25) is 4.79 Å². The van der Waals surface area contributed by atoms with Crippen molar-refractivity contribution in [2.45, 2.75) is 43.1 Å². The second kappa shape index (κ2) is 9.80. The summed E-state index contributed by atoms with van der Waals surface area (Å²) in [6.07, 6.45) is 3.48. The first-order valence-electron chi connectivity index (χ1n) is 10.6. The maximum Gasteiger partial charge on any atom is 0.228 e. The predicted octanol–water partition coefficient (Wildman–Crippen LogP) is 7.09. The van der Waals surface area contributed by atoms with Gasteiger partial charge in [0.05, 0.1) is 6.42 Å². The molecule has 1 aliphatic carbocycles. The lowest BCUT2D eigenvalue weighted by molar-refractivity contribution is -0.115. The molecule has 0 heterocycles. The van der Waals surface area contributed by atoms with Crippen molar-refractivity contribution in [2.75, 3.05) is 11.1 Å². The molecule has 1 amide bonds. The predicted molar refractivity (Wildman–Crippen MR) is 129 cm³/mol. The van der Waals surface area contributed by atoms with E-state index in [0.717, 1.165) is 52.6 Å². The van der Waals surface area contributed by atoms with Gasteiger partial charge in [-0.25, -0.2) is 0 Å². The number of carbonyl (C=O) groups excluding carboxylic acids is 1. The van der Waals surface area contributed by atoms with Gasteiger partial charge in [-0.2, -0.15) is 0 Å². The molecule has 0 atom stereocenters. The van der Waals surface area contributed by atoms with Crippen LogP contribution in [0.5, 0.6) is 5.75 Å². The standard InChI is InChI=1S/C26H26ClNO2S/c1-2-31-24-14-4-19(5-15-24)18-25(29)28-22-10-12-23(13-11-22)30-26(16-3-17-26)20-6-8-21(27)9-7-20/h4-15H,2-3,16-18H2,1H3,(H,28,29). The molecular formula is C26H26ClNO2S. The summed E-state index contributed by atoms with van der Waals surface area (Å²) in [6.45, 7) is 2.13. The van der Waals surface area contributed by atoms with Crippen LogP contribution in [-0.2, 0) is 16.8 Å². The Kier molecular flexibility index (Phi) is 6.89. The lowest BCUT2D eigenvalue weighted by Gasteiger charge is -2.42. The highest BCUT2D eigenvalue weighted by molar-refractivity contribution is 7.99. The Morgan fingerprint density at radius 3 is 2.26 bits per heavy atom. The third-order valence-corrected chi connectivity index (χ3v) is 6.73. The van der Waals surface area contributed by atoms with Gasteiger partial charge in [-0.05, 0) is 84.7 Å². The van der Waals surface area contributed by atoms with E-state index >= 15 is 0 Å². The number of halogens is 1. The molecule has 0 radical (unpaired) electrons. The quantitative estimate of drug-likeness (QED) is 0.371.